The molecule has 0 spiro atoms. The molecule has 1 aromatic carbocycles. The van der Waals surface area contributed by atoms with Crippen LogP contribution in [0.5, 0.6) is 0 Å². The number of piperidine rings is 1. The molecule has 1 aromatic rings. The molecule has 2 rings (SSSR count). The average Bonchev–Trinajstić information content (AvgIpc) is 2.37. The lowest BCUT2D eigenvalue weighted by Crippen LogP contribution is -2.50. The number of hydrogen-bond acceptors (Lipinski definition) is 2. The minimum Gasteiger partial charge on any atom is -0.341 e. The first-order valence-corrected chi connectivity index (χ1v) is 7.14. The number of nitrogens with two attached hydrogens (primary N) is 1. The van der Waals surface area contributed by atoms with E-state index in [2.05, 4.69) is 13.8 Å². The summed E-state index contributed by atoms with van der Waals surface area (Å²) in [5, 5.41) is 0. The van der Waals surface area contributed by atoms with E-state index in [4.69, 9.17) is 5.73 Å². The van der Waals surface area contributed by atoms with Crippen LogP contribution in [0.25, 0.3) is 0 Å². The van der Waals surface area contributed by atoms with Gasteiger partial charge in [0, 0.05) is 13.1 Å². The van der Waals surface area contributed by atoms with Crippen molar-refractivity contribution in [1.29, 1.82) is 0 Å². The van der Waals surface area contributed by atoms with Crippen LogP contribution in [0.1, 0.15) is 25.8 Å². The first-order valence-electron chi connectivity index (χ1n) is 7.14. The standard InChI is InChI=1S/C16H24N2O/c1-12-8-13(2)11-18(10-12)16(19)15(17)9-14-6-4-3-5-7-14/h3-7,12-13,15H,8-11,17H2,1-2H3/t12?,13?,15-/m1/s1. The van der Waals surface area contributed by atoms with Crippen LogP contribution in [0.4, 0.5) is 0 Å². The Morgan fingerprint density at radius 3 is 2.42 bits per heavy atom. The fraction of sp³-hybridized carbons (Fsp3) is 0.562. The molecule has 2 unspecified atom stereocenters. The zero-order valence-electron chi connectivity index (χ0n) is 11.9. The van der Waals surface area contributed by atoms with Gasteiger partial charge in [0.15, 0.2) is 0 Å². The van der Waals surface area contributed by atoms with Crippen LogP contribution in [0.15, 0.2) is 30.3 Å². The Balaban J connectivity index is 1.95. The second-order valence-electron chi connectivity index (χ2n) is 5.99. The Morgan fingerprint density at radius 1 is 1.26 bits per heavy atom. The van der Waals surface area contributed by atoms with E-state index in [0.29, 0.717) is 18.3 Å². The van der Waals surface area contributed by atoms with Crippen molar-refractivity contribution in [3.8, 4) is 0 Å². The van der Waals surface area contributed by atoms with Crippen LogP contribution in [0.3, 0.4) is 0 Å². The Kier molecular flexibility index (Phi) is 4.59. The van der Waals surface area contributed by atoms with E-state index in [1.54, 1.807) is 0 Å². The van der Waals surface area contributed by atoms with Gasteiger partial charge in [-0.25, -0.2) is 0 Å². The highest BCUT2D eigenvalue weighted by molar-refractivity contribution is 5.82. The smallest absolute Gasteiger partial charge is 0.239 e. The van der Waals surface area contributed by atoms with E-state index in [1.165, 1.54) is 6.42 Å². The summed E-state index contributed by atoms with van der Waals surface area (Å²) in [5.41, 5.74) is 7.21. The lowest BCUT2D eigenvalue weighted by atomic mass is 9.91. The van der Waals surface area contributed by atoms with Crippen molar-refractivity contribution in [3.05, 3.63) is 35.9 Å². The van der Waals surface area contributed by atoms with Crippen molar-refractivity contribution < 1.29 is 4.79 Å². The summed E-state index contributed by atoms with van der Waals surface area (Å²) >= 11 is 0. The number of carbonyl (C=O) groups is 1. The van der Waals surface area contributed by atoms with Gasteiger partial charge < -0.3 is 10.6 Å². The Hall–Kier alpha value is -1.35. The fourth-order valence-corrected chi connectivity index (χ4v) is 3.03. The molecule has 0 aliphatic carbocycles. The van der Waals surface area contributed by atoms with Crippen molar-refractivity contribution in [2.75, 3.05) is 13.1 Å². The Labute approximate surface area is 115 Å². The van der Waals surface area contributed by atoms with E-state index >= 15 is 0 Å². The van der Waals surface area contributed by atoms with Crippen LogP contribution < -0.4 is 5.73 Å². The molecule has 3 atom stereocenters. The van der Waals surface area contributed by atoms with Crippen LogP contribution in [-0.4, -0.2) is 29.9 Å². The van der Waals surface area contributed by atoms with Gasteiger partial charge in [-0.15, -0.1) is 0 Å². The number of nitrogens with zero attached hydrogens (tertiary/aromatic N) is 1. The van der Waals surface area contributed by atoms with Crippen LogP contribution in [0, 0.1) is 11.8 Å². The molecule has 0 bridgehead atoms. The topological polar surface area (TPSA) is 46.3 Å². The van der Waals surface area contributed by atoms with Crippen molar-refractivity contribution in [2.24, 2.45) is 17.6 Å². The SMILES string of the molecule is CC1CC(C)CN(C(=O)[C@H](N)Cc2ccccc2)C1. The molecule has 2 N–H and O–H groups in total. The van der Waals surface area contributed by atoms with Crippen LogP contribution in [0.2, 0.25) is 0 Å². The molecule has 0 radical (unpaired) electrons. The fourth-order valence-electron chi connectivity index (χ4n) is 3.03. The van der Waals surface area contributed by atoms with Crippen molar-refractivity contribution >= 4 is 5.91 Å². The molecule has 19 heavy (non-hydrogen) atoms. The molecule has 0 aromatic heterocycles. The van der Waals surface area contributed by atoms with Gasteiger partial charge in [0.05, 0.1) is 6.04 Å². The quantitative estimate of drug-likeness (QED) is 0.904. The van der Waals surface area contributed by atoms with E-state index in [9.17, 15) is 4.79 Å². The summed E-state index contributed by atoms with van der Waals surface area (Å²) in [6.45, 7) is 6.12. The summed E-state index contributed by atoms with van der Waals surface area (Å²) in [6.07, 6.45) is 1.83. The van der Waals surface area contributed by atoms with Crippen molar-refractivity contribution in [1.82, 2.24) is 4.90 Å². The predicted molar refractivity (Wildman–Crippen MR) is 77.6 cm³/mol. The zero-order valence-corrected chi connectivity index (χ0v) is 11.9. The molecule has 3 heteroatoms. The summed E-state index contributed by atoms with van der Waals surface area (Å²) in [5.74, 6) is 1.26. The van der Waals surface area contributed by atoms with E-state index in [0.717, 1.165) is 18.7 Å². The monoisotopic (exact) mass is 260 g/mol. The molecular weight excluding hydrogens is 236 g/mol. The second-order valence-corrected chi connectivity index (χ2v) is 5.99. The third kappa shape index (κ3) is 3.80. The number of amides is 1. The molecule has 1 saturated heterocycles. The minimum atomic E-state index is -0.417. The van der Waals surface area contributed by atoms with E-state index in [1.807, 2.05) is 35.2 Å². The maximum Gasteiger partial charge on any atom is 0.239 e. The van der Waals surface area contributed by atoms with Gasteiger partial charge in [-0.3, -0.25) is 4.79 Å². The molecule has 0 saturated carbocycles. The molecule has 104 valence electrons. The van der Waals surface area contributed by atoms with Gasteiger partial charge in [-0.1, -0.05) is 44.2 Å². The first-order chi connectivity index (χ1) is 9.06. The largest absolute Gasteiger partial charge is 0.341 e. The summed E-state index contributed by atoms with van der Waals surface area (Å²) in [6, 6.07) is 9.57. The molecule has 1 amide bonds. The number of rotatable bonds is 3. The van der Waals surface area contributed by atoms with E-state index in [-0.39, 0.29) is 5.91 Å². The summed E-state index contributed by atoms with van der Waals surface area (Å²) in [4.78, 5) is 14.3. The molecule has 1 heterocycles. The van der Waals surface area contributed by atoms with Gasteiger partial charge in [0.1, 0.15) is 0 Å². The van der Waals surface area contributed by atoms with Gasteiger partial charge in [-0.2, -0.15) is 0 Å². The Bertz CT molecular complexity index is 408. The Morgan fingerprint density at radius 2 is 1.84 bits per heavy atom. The van der Waals surface area contributed by atoms with Gasteiger partial charge in [0.25, 0.3) is 0 Å². The van der Waals surface area contributed by atoms with Crippen molar-refractivity contribution in [3.63, 3.8) is 0 Å². The first kappa shape index (κ1) is 14.1. The highest BCUT2D eigenvalue weighted by Crippen LogP contribution is 2.21. The van der Waals surface area contributed by atoms with Gasteiger partial charge in [-0.05, 0) is 30.2 Å². The number of benzene rings is 1. The third-order valence-electron chi connectivity index (χ3n) is 3.80. The van der Waals surface area contributed by atoms with Crippen molar-refractivity contribution in [2.45, 2.75) is 32.7 Å². The maximum absolute atomic E-state index is 12.4. The predicted octanol–water partition coefficient (Wildman–Crippen LogP) is 2.06. The summed E-state index contributed by atoms with van der Waals surface area (Å²) in [7, 11) is 0. The molecule has 1 fully saturated rings. The highest BCUT2D eigenvalue weighted by Gasteiger charge is 2.28. The molecular formula is C16H24N2O. The molecule has 1 aliphatic heterocycles. The van der Waals surface area contributed by atoms with Gasteiger partial charge in [0.2, 0.25) is 5.91 Å². The number of likely N-dealkylation sites (tertiary alicyclic amines) is 1. The molecule has 1 aliphatic rings. The lowest BCUT2D eigenvalue weighted by molar-refractivity contribution is -0.135. The highest BCUT2D eigenvalue weighted by atomic mass is 16.2. The lowest BCUT2D eigenvalue weighted by Gasteiger charge is -2.36. The van der Waals surface area contributed by atoms with E-state index < -0.39 is 6.04 Å². The second kappa shape index (κ2) is 6.20. The third-order valence-corrected chi connectivity index (χ3v) is 3.80. The zero-order chi connectivity index (χ0) is 13.8. The summed E-state index contributed by atoms with van der Waals surface area (Å²) < 4.78 is 0. The van der Waals surface area contributed by atoms with Crippen LogP contribution >= 0.6 is 0 Å². The maximum atomic E-state index is 12.4. The number of carbonyl (C=O) groups excluding carboxylic acids is 1. The molecule has 3 nitrogen and oxygen atoms in total. The normalized spacial score (nSPS) is 25.1. The van der Waals surface area contributed by atoms with Crippen LogP contribution in [-0.2, 0) is 11.2 Å². The number of hydrogen-bond donors (Lipinski definition) is 1. The van der Waals surface area contributed by atoms with Gasteiger partial charge >= 0.3 is 0 Å². The average molecular weight is 260 g/mol. The minimum absolute atomic E-state index is 0.0993.